The van der Waals surface area contributed by atoms with Gasteiger partial charge in [-0.05, 0) is 118 Å². The Kier molecular flexibility index (Phi) is 18.3. The van der Waals surface area contributed by atoms with Gasteiger partial charge in [0.1, 0.15) is 0 Å². The van der Waals surface area contributed by atoms with Gasteiger partial charge < -0.3 is 5.32 Å². The zero-order valence-electron chi connectivity index (χ0n) is 39.7. The normalized spacial score (nSPS) is 13.2. The first kappa shape index (κ1) is 48.7. The van der Waals surface area contributed by atoms with Gasteiger partial charge in [-0.3, -0.25) is 0 Å². The third-order valence-corrected chi connectivity index (χ3v) is 11.0. The van der Waals surface area contributed by atoms with Crippen molar-refractivity contribution in [1.29, 1.82) is 0 Å². The van der Waals surface area contributed by atoms with E-state index in [0.29, 0.717) is 11.3 Å². The molecule has 0 aliphatic heterocycles. The molecule has 6 aromatic carbocycles. The van der Waals surface area contributed by atoms with Crippen molar-refractivity contribution in [3.8, 4) is 0 Å². The topological polar surface area (TPSA) is 12.0 Å². The third kappa shape index (κ3) is 15.5. The fraction of sp³-hybridized carbons (Fsp3) is 0.279. The molecule has 1 nitrogen and oxygen atoms in total. The second-order valence-electron chi connectivity index (χ2n) is 19.1. The van der Waals surface area contributed by atoms with Gasteiger partial charge in [0.2, 0.25) is 0 Å². The van der Waals surface area contributed by atoms with Crippen LogP contribution in [0.1, 0.15) is 131 Å². The first-order valence-electron chi connectivity index (χ1n) is 22.3. The summed E-state index contributed by atoms with van der Waals surface area (Å²) in [5.74, 6) is 0.663. The van der Waals surface area contributed by atoms with Crippen LogP contribution in [-0.2, 0) is 12.8 Å². The summed E-state index contributed by atoms with van der Waals surface area (Å²) in [6.45, 7) is 32.2. The van der Waals surface area contributed by atoms with E-state index in [9.17, 15) is 0 Å². The molecule has 2 atom stereocenters. The molecule has 0 heterocycles. The fourth-order valence-electron chi connectivity index (χ4n) is 7.24. The Morgan fingerprint density at radius 1 is 0.597 bits per heavy atom. The van der Waals surface area contributed by atoms with Crippen molar-refractivity contribution in [1.82, 2.24) is 5.32 Å². The highest BCUT2D eigenvalue weighted by Gasteiger charge is 2.24. The van der Waals surface area contributed by atoms with Crippen LogP contribution in [-0.4, -0.2) is 0 Å². The Labute approximate surface area is 376 Å². The SMILES string of the molecule is C=C/C(NC(/C=C\C)=C/C)=c1/ccccc1=C.CC(C)(C)C.Cc1ccc(Cc2ccccc2)cc1C(c1ccc(C(C)C(C)(C)C)cc1)c1cccc(Cc2ccccc2)c1. The molecule has 0 aromatic heterocycles. The molecule has 0 bridgehead atoms. The van der Waals surface area contributed by atoms with E-state index in [0.717, 1.165) is 34.7 Å². The summed E-state index contributed by atoms with van der Waals surface area (Å²) < 4.78 is 0. The summed E-state index contributed by atoms with van der Waals surface area (Å²) in [5.41, 5.74) is 15.0. The monoisotopic (exact) mass is 820 g/mol. The summed E-state index contributed by atoms with van der Waals surface area (Å²) in [6, 6.07) is 55.3. The molecule has 0 saturated heterocycles. The van der Waals surface area contributed by atoms with Gasteiger partial charge in [0.25, 0.3) is 0 Å². The lowest BCUT2D eigenvalue weighted by Crippen LogP contribution is -2.29. The van der Waals surface area contributed by atoms with E-state index in [4.69, 9.17) is 0 Å². The Balaban J connectivity index is 0.000000318. The molecule has 0 aliphatic rings. The van der Waals surface area contributed by atoms with E-state index < -0.39 is 0 Å². The van der Waals surface area contributed by atoms with Crippen LogP contribution in [0.4, 0.5) is 0 Å². The van der Waals surface area contributed by atoms with Crippen molar-refractivity contribution in [3.63, 3.8) is 0 Å². The molecule has 0 fully saturated rings. The highest BCUT2D eigenvalue weighted by molar-refractivity contribution is 5.57. The van der Waals surface area contributed by atoms with Crippen LogP contribution in [0.15, 0.2) is 188 Å². The molecule has 0 spiro atoms. The summed E-state index contributed by atoms with van der Waals surface area (Å²) in [6.07, 6.45) is 9.74. The number of hydrogen-bond acceptors (Lipinski definition) is 1. The number of hydrogen-bond donors (Lipinski definition) is 1. The first-order valence-corrected chi connectivity index (χ1v) is 22.3. The maximum absolute atomic E-state index is 4.02. The van der Waals surface area contributed by atoms with Crippen LogP contribution in [0, 0.1) is 17.8 Å². The second-order valence-corrected chi connectivity index (χ2v) is 19.1. The third-order valence-electron chi connectivity index (χ3n) is 11.0. The molecule has 0 saturated carbocycles. The molecule has 0 aliphatic carbocycles. The summed E-state index contributed by atoms with van der Waals surface area (Å²) >= 11 is 0. The minimum Gasteiger partial charge on any atom is -0.355 e. The largest absolute Gasteiger partial charge is 0.355 e. The molecule has 0 radical (unpaired) electrons. The minimum atomic E-state index is 0.172. The predicted molar refractivity (Wildman–Crippen MR) is 273 cm³/mol. The number of benzene rings is 6. The van der Waals surface area contributed by atoms with Crippen LogP contribution in [0.3, 0.4) is 0 Å². The van der Waals surface area contributed by atoms with E-state index in [2.05, 4.69) is 208 Å². The molecule has 322 valence electrons. The number of allylic oxidation sites excluding steroid dienone is 3. The Bertz CT molecular complexity index is 2460. The minimum absolute atomic E-state index is 0.172. The molecule has 1 N–H and O–H groups in total. The second kappa shape index (κ2) is 23.3. The van der Waals surface area contributed by atoms with Gasteiger partial charge in [-0.2, -0.15) is 0 Å². The maximum Gasteiger partial charge on any atom is 0.0457 e. The van der Waals surface area contributed by atoms with Crippen LogP contribution in [0.5, 0.6) is 0 Å². The van der Waals surface area contributed by atoms with Crippen molar-refractivity contribution < 1.29 is 0 Å². The lowest BCUT2D eigenvalue weighted by Gasteiger charge is -2.28. The van der Waals surface area contributed by atoms with Gasteiger partial charge in [0.15, 0.2) is 0 Å². The smallest absolute Gasteiger partial charge is 0.0457 e. The zero-order chi connectivity index (χ0) is 45.3. The maximum atomic E-state index is 4.02. The Morgan fingerprint density at radius 2 is 1.11 bits per heavy atom. The van der Waals surface area contributed by atoms with Gasteiger partial charge in [0.05, 0.1) is 0 Å². The number of nitrogens with one attached hydrogen (secondary N) is 1. The molecule has 1 heteroatoms. The lowest BCUT2D eigenvalue weighted by atomic mass is 9.76. The van der Waals surface area contributed by atoms with Crippen molar-refractivity contribution in [2.75, 3.05) is 0 Å². The van der Waals surface area contributed by atoms with Gasteiger partial charge >= 0.3 is 0 Å². The van der Waals surface area contributed by atoms with Crippen molar-refractivity contribution in [3.05, 3.63) is 249 Å². The molecule has 0 amide bonds. The van der Waals surface area contributed by atoms with E-state index in [1.165, 1.54) is 50.1 Å². The molecule has 62 heavy (non-hydrogen) atoms. The van der Waals surface area contributed by atoms with E-state index in [-0.39, 0.29) is 11.3 Å². The molecule has 6 aromatic rings. The summed E-state index contributed by atoms with van der Waals surface area (Å²) in [7, 11) is 0. The van der Waals surface area contributed by atoms with Gasteiger partial charge in [-0.15, -0.1) is 0 Å². The first-order chi connectivity index (χ1) is 29.5. The van der Waals surface area contributed by atoms with Crippen LogP contribution >= 0.6 is 0 Å². The summed E-state index contributed by atoms with van der Waals surface area (Å²) in [4.78, 5) is 0. The van der Waals surface area contributed by atoms with Crippen molar-refractivity contribution in [2.45, 2.75) is 101 Å². The number of rotatable bonds is 12. The molecule has 6 rings (SSSR count). The standard InChI is InChI=1S/C40H42.C16H19N.C5H12/c1-29-19-20-34(26-32-15-10-7-11-16-32)28-38(29)39(36-23-21-35(22-24-36)30(2)40(3,4)5)37-18-12-17-33(27-37)25-31-13-8-6-9-14-31;1-5-10-14(6-2)17-16(7-3)15-12-9-8-11-13(15)4;1-5(2,3)4/h6-24,27-28,30,39H,25-26H2,1-5H3;5-12,17H,3-4H2,1-2H3;1-4H3/b;10-5-,14-6+,16-15+;. The van der Waals surface area contributed by atoms with Crippen molar-refractivity contribution >= 4 is 12.3 Å². The highest BCUT2D eigenvalue weighted by Crippen LogP contribution is 2.38. The van der Waals surface area contributed by atoms with Gasteiger partial charge in [0, 0.05) is 22.5 Å². The van der Waals surface area contributed by atoms with E-state index >= 15 is 0 Å². The summed E-state index contributed by atoms with van der Waals surface area (Å²) in [5, 5.41) is 5.41. The van der Waals surface area contributed by atoms with Gasteiger partial charge in [-0.1, -0.05) is 232 Å². The Morgan fingerprint density at radius 3 is 1.63 bits per heavy atom. The Hall–Kier alpha value is -5.92. The fourth-order valence-corrected chi connectivity index (χ4v) is 7.24. The molecular formula is C61H73N. The highest BCUT2D eigenvalue weighted by atomic mass is 14.9. The molecular weight excluding hydrogens is 747 g/mol. The van der Waals surface area contributed by atoms with Crippen LogP contribution in [0.2, 0.25) is 0 Å². The van der Waals surface area contributed by atoms with Crippen LogP contribution < -0.4 is 15.8 Å². The van der Waals surface area contributed by atoms with Gasteiger partial charge in [-0.25, -0.2) is 0 Å². The van der Waals surface area contributed by atoms with Crippen molar-refractivity contribution in [2.24, 2.45) is 10.8 Å². The number of aryl methyl sites for hydroxylation is 1. The molecule has 2 unspecified atom stereocenters. The average Bonchev–Trinajstić information content (AvgIpc) is 3.24. The lowest BCUT2D eigenvalue weighted by molar-refractivity contribution is 0.339. The average molecular weight is 820 g/mol. The zero-order valence-corrected chi connectivity index (χ0v) is 39.7. The quantitative estimate of drug-likeness (QED) is 0.0958. The van der Waals surface area contributed by atoms with E-state index in [1.807, 2.05) is 62.4 Å². The van der Waals surface area contributed by atoms with E-state index in [1.54, 1.807) is 0 Å². The van der Waals surface area contributed by atoms with Crippen LogP contribution in [0.25, 0.3) is 12.3 Å². The predicted octanol–water partition coefficient (Wildman–Crippen LogP) is 15.0.